The van der Waals surface area contributed by atoms with Crippen molar-refractivity contribution in [3.63, 3.8) is 0 Å². The highest BCUT2D eigenvalue weighted by Crippen LogP contribution is 2.64. The van der Waals surface area contributed by atoms with Crippen LogP contribution in [-0.2, 0) is 38.1 Å². The summed E-state index contributed by atoms with van der Waals surface area (Å²) in [5.41, 5.74) is -7.21. The number of carbonyl (C=O) groups is 5. The van der Waals surface area contributed by atoms with E-state index in [9.17, 15) is 44.4 Å². The molecule has 2 aromatic rings. The fourth-order valence-electron chi connectivity index (χ4n) is 9.59. The predicted octanol–water partition coefficient (Wildman–Crippen LogP) is 3.51. The van der Waals surface area contributed by atoms with Gasteiger partial charge < -0.3 is 49.4 Å². The van der Waals surface area contributed by atoms with E-state index in [0.717, 1.165) is 6.92 Å². The number of ketones is 1. The van der Waals surface area contributed by atoms with Gasteiger partial charge in [0, 0.05) is 25.2 Å². The molecule has 15 heteroatoms. The molecule has 2 bridgehead atoms. The van der Waals surface area contributed by atoms with Crippen LogP contribution in [0.25, 0.3) is 0 Å². The van der Waals surface area contributed by atoms with Crippen LogP contribution < -0.4 is 5.32 Å². The zero-order chi connectivity index (χ0) is 43.4. The Labute approximate surface area is 343 Å². The molecular weight excluding hydrogens is 766 g/mol. The number of aliphatic hydroxyl groups excluding tert-OH is 3. The molecule has 0 aromatic heterocycles. The van der Waals surface area contributed by atoms with Crippen molar-refractivity contribution in [2.75, 3.05) is 6.61 Å². The minimum absolute atomic E-state index is 0.0321. The third-order valence-electron chi connectivity index (χ3n) is 13.4. The van der Waals surface area contributed by atoms with Crippen molar-refractivity contribution in [3.8, 4) is 0 Å². The number of alkyl carbamates (subject to hydrolysis) is 1. The molecule has 2 saturated carbocycles. The van der Waals surface area contributed by atoms with E-state index in [0.29, 0.717) is 5.56 Å². The molecule has 320 valence electrons. The molecule has 1 heterocycles. The maximum Gasteiger partial charge on any atom is 0.407 e. The molecule has 15 nitrogen and oxygen atoms in total. The van der Waals surface area contributed by atoms with Crippen LogP contribution in [0.15, 0.2) is 71.8 Å². The largest absolute Gasteiger partial charge is 0.456 e. The van der Waals surface area contributed by atoms with Gasteiger partial charge in [0.15, 0.2) is 17.5 Å². The zero-order valence-electron chi connectivity index (χ0n) is 34.5. The van der Waals surface area contributed by atoms with Gasteiger partial charge in [0.1, 0.15) is 36.1 Å². The van der Waals surface area contributed by atoms with E-state index in [-0.39, 0.29) is 35.7 Å². The van der Waals surface area contributed by atoms with Crippen molar-refractivity contribution in [2.45, 2.75) is 128 Å². The Balaban J connectivity index is 1.47. The molecule has 0 unspecified atom stereocenters. The smallest absolute Gasteiger partial charge is 0.407 e. The van der Waals surface area contributed by atoms with Gasteiger partial charge in [-0.05, 0) is 55.5 Å². The highest BCUT2D eigenvalue weighted by Gasteiger charge is 2.78. The number of aliphatic hydroxyl groups is 4. The number of benzene rings is 2. The molecule has 59 heavy (non-hydrogen) atoms. The van der Waals surface area contributed by atoms with Crippen molar-refractivity contribution < 1.29 is 68.1 Å². The molecule has 6 rings (SSSR count). The molecule has 2 aromatic carbocycles. The minimum Gasteiger partial charge on any atom is -0.456 e. The Morgan fingerprint density at radius 1 is 0.932 bits per heavy atom. The lowest BCUT2D eigenvalue weighted by atomic mass is 9.44. The second kappa shape index (κ2) is 16.1. The Hall–Kier alpha value is -4.67. The van der Waals surface area contributed by atoms with Gasteiger partial charge in [-0.2, -0.15) is 0 Å². The number of rotatable bonds is 10. The number of hydrogen-bond donors (Lipinski definition) is 5. The monoisotopic (exact) mass is 821 g/mol. The van der Waals surface area contributed by atoms with Crippen molar-refractivity contribution in [1.29, 1.82) is 0 Å². The van der Waals surface area contributed by atoms with E-state index in [1.54, 1.807) is 69.3 Å². The summed E-state index contributed by atoms with van der Waals surface area (Å²) < 4.78 is 29.6. The number of amides is 1. The number of carbonyl (C=O) groups excluding carboxylic acids is 5. The summed E-state index contributed by atoms with van der Waals surface area (Å²) >= 11 is 0. The first-order valence-corrected chi connectivity index (χ1v) is 19.9. The van der Waals surface area contributed by atoms with Gasteiger partial charge in [-0.25, -0.2) is 14.4 Å². The van der Waals surface area contributed by atoms with Crippen LogP contribution >= 0.6 is 0 Å². The summed E-state index contributed by atoms with van der Waals surface area (Å²) in [4.78, 5) is 69.1. The van der Waals surface area contributed by atoms with Crippen LogP contribution in [0.5, 0.6) is 0 Å². The standard InChI is InChI=1S/C44H55NO14/c1-22(2)24(4)56-40(53)45-32(26-15-11-9-12-16-26)34(49)39(52)57-28-20-44(54)37(58-38(51)27-17-13-10-14-18-27)35-42(8,36(50)33(48)31(23(28)3)41(44,6)7)29(47)19-30-43(35,21-55-30)59-25(5)46/h9-18,22,24,28-30,32-35,37,47-49,54H,19-21H2,1-8H3,(H,45,53)/t24-,28+,29+,30-,32+,33-,34-,35+,37+,42-,43+,44-/m1/s1. The highest BCUT2D eigenvalue weighted by molar-refractivity contribution is 5.94. The fourth-order valence-corrected chi connectivity index (χ4v) is 9.59. The Bertz CT molecular complexity index is 1980. The summed E-state index contributed by atoms with van der Waals surface area (Å²) in [5.74, 6) is -5.39. The lowest BCUT2D eigenvalue weighted by molar-refractivity contribution is -0.346. The molecule has 0 spiro atoms. The number of Topliss-reactive ketones (excluding diaryl/α,β-unsaturated/α-hetero) is 1. The number of hydrogen-bond acceptors (Lipinski definition) is 14. The summed E-state index contributed by atoms with van der Waals surface area (Å²) in [5, 5.41) is 51.7. The normalized spacial score (nSPS) is 33.7. The molecule has 12 atom stereocenters. The number of esters is 3. The van der Waals surface area contributed by atoms with Gasteiger partial charge in [0.05, 0.1) is 35.6 Å². The van der Waals surface area contributed by atoms with Crippen molar-refractivity contribution in [2.24, 2.45) is 22.7 Å². The van der Waals surface area contributed by atoms with Crippen molar-refractivity contribution in [3.05, 3.63) is 82.9 Å². The average molecular weight is 822 g/mol. The minimum atomic E-state index is -2.35. The van der Waals surface area contributed by atoms with Crippen molar-refractivity contribution in [1.82, 2.24) is 5.32 Å². The van der Waals surface area contributed by atoms with Gasteiger partial charge in [0.25, 0.3) is 0 Å². The molecule has 1 aliphatic heterocycles. The molecule has 4 aliphatic rings. The summed E-state index contributed by atoms with van der Waals surface area (Å²) in [6.45, 7) is 12.3. The third kappa shape index (κ3) is 7.34. The Morgan fingerprint density at radius 3 is 2.10 bits per heavy atom. The van der Waals surface area contributed by atoms with E-state index in [4.69, 9.17) is 23.7 Å². The average Bonchev–Trinajstić information content (AvgIpc) is 3.18. The van der Waals surface area contributed by atoms with Crippen LogP contribution in [-0.4, -0.2) is 111 Å². The Kier molecular flexibility index (Phi) is 12.0. The lowest BCUT2D eigenvalue weighted by Gasteiger charge is -2.67. The predicted molar refractivity (Wildman–Crippen MR) is 208 cm³/mol. The van der Waals surface area contributed by atoms with E-state index in [1.807, 2.05) is 13.8 Å². The number of fused-ring (bicyclic) bond motifs is 5. The SMILES string of the molecule is CC(=O)O[C@@]12CO[C@@H]1C[C@H](O)[C@@]1(C)C(=O)[C@H](O)C3=C(C)[C@@H](OC(=O)[C@H](O)[C@@H](NC(=O)O[C@H](C)C(C)C)c4ccccc4)C[C@@](O)([C@@H](OC(=O)c4ccccc4)[C@H]21)C3(C)C. The fraction of sp³-hybridized carbons (Fsp3) is 0.568. The first-order valence-electron chi connectivity index (χ1n) is 19.9. The van der Waals surface area contributed by atoms with Crippen LogP contribution in [0, 0.1) is 22.7 Å². The second-order valence-electron chi connectivity index (χ2n) is 17.4. The molecule has 1 amide bonds. The molecule has 3 aliphatic carbocycles. The van der Waals surface area contributed by atoms with Crippen LogP contribution in [0.3, 0.4) is 0 Å². The summed E-state index contributed by atoms with van der Waals surface area (Å²) in [6.07, 6.45) is -12.0. The van der Waals surface area contributed by atoms with Gasteiger partial charge in [0.2, 0.25) is 0 Å². The summed E-state index contributed by atoms with van der Waals surface area (Å²) in [6, 6.07) is 14.7. The zero-order valence-corrected chi connectivity index (χ0v) is 34.5. The highest BCUT2D eigenvalue weighted by atomic mass is 16.6. The molecule has 0 radical (unpaired) electrons. The van der Waals surface area contributed by atoms with E-state index < -0.39 is 113 Å². The number of ether oxygens (including phenoxy) is 5. The topological polar surface area (TPSA) is 224 Å². The maximum atomic E-state index is 15.0. The molecule has 3 fully saturated rings. The lowest BCUT2D eigenvalue weighted by Crippen LogP contribution is -2.81. The first-order chi connectivity index (χ1) is 27.6. The number of nitrogens with one attached hydrogen (secondary N) is 1. The molecule has 1 saturated heterocycles. The van der Waals surface area contributed by atoms with Crippen LogP contribution in [0.1, 0.15) is 90.2 Å². The third-order valence-corrected chi connectivity index (χ3v) is 13.4. The van der Waals surface area contributed by atoms with E-state index in [2.05, 4.69) is 5.32 Å². The van der Waals surface area contributed by atoms with Crippen LogP contribution in [0.4, 0.5) is 4.79 Å². The maximum absolute atomic E-state index is 15.0. The van der Waals surface area contributed by atoms with Gasteiger partial charge in [-0.1, -0.05) is 76.2 Å². The second-order valence-corrected chi connectivity index (χ2v) is 17.4. The Morgan fingerprint density at radius 2 is 1.54 bits per heavy atom. The molecular formula is C44H55NO14. The molecule has 5 N–H and O–H groups in total. The van der Waals surface area contributed by atoms with Gasteiger partial charge in [-0.3, -0.25) is 9.59 Å². The quantitative estimate of drug-likeness (QED) is 0.132. The van der Waals surface area contributed by atoms with E-state index >= 15 is 0 Å². The van der Waals surface area contributed by atoms with E-state index in [1.165, 1.54) is 26.0 Å². The first kappa shape index (κ1) is 43.9. The van der Waals surface area contributed by atoms with Crippen LogP contribution in [0.2, 0.25) is 0 Å². The van der Waals surface area contributed by atoms with Gasteiger partial charge >= 0.3 is 24.0 Å². The van der Waals surface area contributed by atoms with Crippen molar-refractivity contribution >= 4 is 29.8 Å². The summed E-state index contributed by atoms with van der Waals surface area (Å²) in [7, 11) is 0. The van der Waals surface area contributed by atoms with Gasteiger partial charge in [-0.15, -0.1) is 0 Å².